The largest absolute Gasteiger partial charge is 0.311 e. The first-order chi connectivity index (χ1) is 8.65. The van der Waals surface area contributed by atoms with Crippen LogP contribution in [0.1, 0.15) is 32.3 Å². The molecule has 0 spiro atoms. The Hall–Kier alpha value is -0.380. The van der Waals surface area contributed by atoms with Gasteiger partial charge in [-0.3, -0.25) is 0 Å². The van der Waals surface area contributed by atoms with Crippen LogP contribution < -0.4 is 5.32 Å². The van der Waals surface area contributed by atoms with Crippen LogP contribution in [-0.2, 0) is 6.42 Å². The predicted molar refractivity (Wildman–Crippen MR) is 80.3 cm³/mol. The maximum Gasteiger partial charge on any atom is 0.00820 e. The summed E-state index contributed by atoms with van der Waals surface area (Å²) in [6.07, 6.45) is 3.84. The van der Waals surface area contributed by atoms with E-state index in [1.807, 2.05) is 0 Å². The van der Waals surface area contributed by atoms with Crippen LogP contribution in [0.3, 0.4) is 0 Å². The third-order valence-corrected chi connectivity index (χ3v) is 4.87. The normalized spacial score (nSPS) is 21.9. The van der Waals surface area contributed by atoms with E-state index in [0.29, 0.717) is 12.1 Å². The molecular formula is C15H26N2S. The molecule has 3 heteroatoms. The summed E-state index contributed by atoms with van der Waals surface area (Å²) in [6, 6.07) is 3.46. The van der Waals surface area contributed by atoms with Crippen molar-refractivity contribution in [3.8, 4) is 0 Å². The highest BCUT2D eigenvalue weighted by Crippen LogP contribution is 2.20. The summed E-state index contributed by atoms with van der Waals surface area (Å²) in [5.41, 5.74) is 1.47. The van der Waals surface area contributed by atoms with Crippen LogP contribution >= 0.6 is 11.3 Å². The number of likely N-dealkylation sites (tertiary alicyclic amines) is 1. The van der Waals surface area contributed by atoms with E-state index in [4.69, 9.17) is 0 Å². The van der Waals surface area contributed by atoms with Crippen molar-refractivity contribution in [2.24, 2.45) is 5.92 Å². The highest BCUT2D eigenvalue weighted by atomic mass is 32.1. The second kappa shape index (κ2) is 6.69. The van der Waals surface area contributed by atoms with Crippen molar-refractivity contribution < 1.29 is 0 Å². The molecule has 102 valence electrons. The number of hydrogen-bond donors (Lipinski definition) is 1. The maximum absolute atomic E-state index is 3.79. The molecular weight excluding hydrogens is 240 g/mol. The van der Waals surface area contributed by atoms with E-state index in [9.17, 15) is 0 Å². The summed E-state index contributed by atoms with van der Waals surface area (Å²) >= 11 is 1.80. The minimum Gasteiger partial charge on any atom is -0.311 e. The van der Waals surface area contributed by atoms with Crippen LogP contribution in [0.5, 0.6) is 0 Å². The monoisotopic (exact) mass is 266 g/mol. The zero-order valence-corrected chi connectivity index (χ0v) is 12.7. The lowest BCUT2D eigenvalue weighted by molar-refractivity contribution is 0.185. The van der Waals surface area contributed by atoms with Crippen LogP contribution in [0, 0.1) is 5.92 Å². The van der Waals surface area contributed by atoms with Crippen LogP contribution in [-0.4, -0.2) is 37.1 Å². The fraction of sp³-hybridized carbons (Fsp3) is 0.733. The van der Waals surface area contributed by atoms with Gasteiger partial charge in [0.05, 0.1) is 0 Å². The molecule has 0 radical (unpaired) electrons. The molecule has 1 fully saturated rings. The summed E-state index contributed by atoms with van der Waals surface area (Å²) in [6.45, 7) is 7.19. The number of piperidine rings is 1. The van der Waals surface area contributed by atoms with E-state index in [0.717, 1.165) is 12.3 Å². The van der Waals surface area contributed by atoms with Gasteiger partial charge in [0.2, 0.25) is 0 Å². The van der Waals surface area contributed by atoms with Crippen molar-refractivity contribution in [1.29, 1.82) is 0 Å². The number of nitrogens with zero attached hydrogens (tertiary/aromatic N) is 1. The molecule has 0 aliphatic carbocycles. The molecule has 2 rings (SSSR count). The zero-order chi connectivity index (χ0) is 13.0. The first kappa shape index (κ1) is 14.0. The van der Waals surface area contributed by atoms with E-state index in [2.05, 4.69) is 47.9 Å². The molecule has 0 bridgehead atoms. The lowest BCUT2D eigenvalue weighted by Gasteiger charge is -2.34. The molecule has 0 amide bonds. The van der Waals surface area contributed by atoms with Gasteiger partial charge in [-0.15, -0.1) is 0 Å². The van der Waals surface area contributed by atoms with E-state index >= 15 is 0 Å². The molecule has 0 aromatic carbocycles. The summed E-state index contributed by atoms with van der Waals surface area (Å²) < 4.78 is 0. The molecule has 2 nitrogen and oxygen atoms in total. The Balaban J connectivity index is 1.74. The van der Waals surface area contributed by atoms with Gasteiger partial charge in [-0.2, -0.15) is 11.3 Å². The molecule has 2 unspecified atom stereocenters. The van der Waals surface area contributed by atoms with Gasteiger partial charge in [0, 0.05) is 12.1 Å². The van der Waals surface area contributed by atoms with E-state index in [1.165, 1.54) is 31.5 Å². The van der Waals surface area contributed by atoms with E-state index in [1.54, 1.807) is 11.3 Å². The molecule has 2 heterocycles. The van der Waals surface area contributed by atoms with Gasteiger partial charge in [0.15, 0.2) is 0 Å². The number of nitrogens with one attached hydrogen (secondary N) is 1. The molecule has 1 saturated heterocycles. The van der Waals surface area contributed by atoms with Crippen molar-refractivity contribution in [3.63, 3.8) is 0 Å². The summed E-state index contributed by atoms with van der Waals surface area (Å²) in [5, 5.41) is 8.22. The molecule has 1 aromatic heterocycles. The zero-order valence-electron chi connectivity index (χ0n) is 11.9. The van der Waals surface area contributed by atoms with Crippen molar-refractivity contribution in [2.45, 2.75) is 45.2 Å². The smallest absolute Gasteiger partial charge is 0.00820 e. The number of thiophene rings is 1. The summed E-state index contributed by atoms with van der Waals surface area (Å²) in [5.74, 6) is 0.853. The first-order valence-electron chi connectivity index (χ1n) is 7.11. The van der Waals surface area contributed by atoms with Gasteiger partial charge in [-0.25, -0.2) is 0 Å². The topological polar surface area (TPSA) is 15.3 Å². The summed E-state index contributed by atoms with van der Waals surface area (Å²) in [4.78, 5) is 2.44. The minimum atomic E-state index is 0.578. The lowest BCUT2D eigenvalue weighted by atomic mass is 9.90. The molecule has 2 atom stereocenters. The average molecular weight is 266 g/mol. The van der Waals surface area contributed by atoms with Gasteiger partial charge < -0.3 is 10.2 Å². The van der Waals surface area contributed by atoms with Crippen molar-refractivity contribution in [1.82, 2.24) is 10.2 Å². The van der Waals surface area contributed by atoms with Crippen LogP contribution in [0.25, 0.3) is 0 Å². The minimum absolute atomic E-state index is 0.578. The molecule has 1 N–H and O–H groups in total. The third kappa shape index (κ3) is 4.08. The highest BCUT2D eigenvalue weighted by molar-refractivity contribution is 7.07. The quantitative estimate of drug-likeness (QED) is 0.881. The number of hydrogen-bond acceptors (Lipinski definition) is 3. The number of rotatable bonds is 5. The summed E-state index contributed by atoms with van der Waals surface area (Å²) in [7, 11) is 2.23. The molecule has 1 aromatic rings. The van der Waals surface area contributed by atoms with Crippen LogP contribution in [0.4, 0.5) is 0 Å². The Kier molecular flexibility index (Phi) is 5.22. The predicted octanol–water partition coefficient (Wildman–Crippen LogP) is 3.00. The second-order valence-corrected chi connectivity index (χ2v) is 6.61. The SMILES string of the molecule is CC(Cc1ccsc1)NC(C)C1CCN(C)CC1. The second-order valence-electron chi connectivity index (χ2n) is 5.83. The molecule has 1 aliphatic rings. The van der Waals surface area contributed by atoms with Gasteiger partial charge in [-0.05, 0) is 81.6 Å². The Morgan fingerprint density at radius 2 is 2.11 bits per heavy atom. The fourth-order valence-corrected chi connectivity index (χ4v) is 3.62. The Bertz CT molecular complexity index is 328. The average Bonchev–Trinajstić information content (AvgIpc) is 2.82. The Morgan fingerprint density at radius 3 is 2.72 bits per heavy atom. The van der Waals surface area contributed by atoms with Gasteiger partial charge in [0.25, 0.3) is 0 Å². The van der Waals surface area contributed by atoms with E-state index < -0.39 is 0 Å². The Labute approximate surface area is 115 Å². The van der Waals surface area contributed by atoms with Crippen molar-refractivity contribution in [3.05, 3.63) is 22.4 Å². The molecule has 1 aliphatic heterocycles. The standard InChI is InChI=1S/C15H26N2S/c1-12(10-14-6-9-18-11-14)16-13(2)15-4-7-17(3)8-5-15/h6,9,11-13,15-16H,4-5,7-8,10H2,1-3H3. The fourth-order valence-electron chi connectivity index (χ4n) is 2.93. The first-order valence-corrected chi connectivity index (χ1v) is 8.05. The van der Waals surface area contributed by atoms with Gasteiger partial charge in [-0.1, -0.05) is 0 Å². The van der Waals surface area contributed by atoms with Crippen molar-refractivity contribution >= 4 is 11.3 Å². The lowest BCUT2D eigenvalue weighted by Crippen LogP contribution is -2.44. The Morgan fingerprint density at radius 1 is 1.39 bits per heavy atom. The maximum atomic E-state index is 3.79. The van der Waals surface area contributed by atoms with Gasteiger partial charge >= 0.3 is 0 Å². The highest BCUT2D eigenvalue weighted by Gasteiger charge is 2.23. The molecule has 18 heavy (non-hydrogen) atoms. The molecule has 0 saturated carbocycles. The third-order valence-electron chi connectivity index (χ3n) is 4.14. The van der Waals surface area contributed by atoms with Crippen molar-refractivity contribution in [2.75, 3.05) is 20.1 Å². The van der Waals surface area contributed by atoms with Crippen LogP contribution in [0.15, 0.2) is 16.8 Å². The van der Waals surface area contributed by atoms with Crippen LogP contribution in [0.2, 0.25) is 0 Å². The van der Waals surface area contributed by atoms with E-state index in [-0.39, 0.29) is 0 Å². The van der Waals surface area contributed by atoms with Gasteiger partial charge in [0.1, 0.15) is 0 Å².